The van der Waals surface area contributed by atoms with E-state index in [4.69, 9.17) is 0 Å². The van der Waals surface area contributed by atoms with Crippen LogP contribution in [0, 0.1) is 16.7 Å². The van der Waals surface area contributed by atoms with Gasteiger partial charge in [0.15, 0.2) is 0 Å². The zero-order valence-corrected chi connectivity index (χ0v) is 23.3. The molecule has 0 unspecified atom stereocenters. The van der Waals surface area contributed by atoms with Gasteiger partial charge in [0.1, 0.15) is 0 Å². The fourth-order valence-corrected chi connectivity index (χ4v) is 7.59. The van der Waals surface area contributed by atoms with Gasteiger partial charge < -0.3 is 9.80 Å². The number of nitrogens with zero attached hydrogens (tertiary/aromatic N) is 3. The fraction of sp³-hybridized carbons (Fsp3) is 0.800. The van der Waals surface area contributed by atoms with Crippen molar-refractivity contribution in [1.29, 1.82) is 0 Å². The van der Waals surface area contributed by atoms with Crippen molar-refractivity contribution in [3.63, 3.8) is 0 Å². The van der Waals surface area contributed by atoms with Crippen LogP contribution in [0.2, 0.25) is 0 Å². The van der Waals surface area contributed by atoms with Crippen LogP contribution < -0.4 is 9.80 Å². The molecule has 34 heavy (non-hydrogen) atoms. The van der Waals surface area contributed by atoms with E-state index in [1.54, 1.807) is 11.3 Å². The first kappa shape index (κ1) is 26.1. The number of anilines is 2. The summed E-state index contributed by atoms with van der Waals surface area (Å²) in [5, 5.41) is 0. The maximum atomic E-state index is 2.74. The van der Waals surface area contributed by atoms with Gasteiger partial charge in [-0.2, -0.15) is 0 Å². The van der Waals surface area contributed by atoms with Gasteiger partial charge in [-0.25, -0.2) is 0 Å². The minimum absolute atomic E-state index is 0. The van der Waals surface area contributed by atoms with Crippen LogP contribution in [-0.4, -0.2) is 50.7 Å². The largest absolute Gasteiger partial charge is 0.372 e. The Hall–Kier alpha value is -0.930. The van der Waals surface area contributed by atoms with Gasteiger partial charge in [0.25, 0.3) is 0 Å². The van der Waals surface area contributed by atoms with Crippen LogP contribution in [-0.2, 0) is 0 Å². The Balaban J connectivity index is 0.00000274. The van der Waals surface area contributed by atoms with Crippen LogP contribution in [0.25, 0.3) is 0 Å². The molecule has 4 aliphatic rings. The highest BCUT2D eigenvalue weighted by Gasteiger charge is 2.40. The van der Waals surface area contributed by atoms with Gasteiger partial charge in [-0.3, -0.25) is 4.90 Å². The monoisotopic (exact) mass is 487 g/mol. The minimum atomic E-state index is 0. The summed E-state index contributed by atoms with van der Waals surface area (Å²) in [4.78, 5) is 8.15. The van der Waals surface area contributed by atoms with Crippen LogP contribution >= 0.6 is 12.4 Å². The molecule has 2 saturated carbocycles. The van der Waals surface area contributed by atoms with Crippen molar-refractivity contribution >= 4 is 23.8 Å². The molecule has 0 spiro atoms. The molecule has 2 aliphatic heterocycles. The molecule has 0 bridgehead atoms. The average Bonchev–Trinajstić information content (AvgIpc) is 3.59. The van der Waals surface area contributed by atoms with Crippen LogP contribution in [0.15, 0.2) is 18.2 Å². The quantitative estimate of drug-likeness (QED) is 0.430. The van der Waals surface area contributed by atoms with E-state index in [0.717, 1.165) is 5.92 Å². The van der Waals surface area contributed by atoms with Gasteiger partial charge in [0.05, 0.1) is 0 Å². The Morgan fingerprint density at radius 1 is 0.765 bits per heavy atom. The normalized spacial score (nSPS) is 26.1. The summed E-state index contributed by atoms with van der Waals surface area (Å²) < 4.78 is 0. The number of piperazine rings is 1. The molecule has 0 radical (unpaired) electrons. The van der Waals surface area contributed by atoms with Crippen molar-refractivity contribution in [3.05, 3.63) is 23.8 Å². The van der Waals surface area contributed by atoms with E-state index in [9.17, 15) is 0 Å². The highest BCUT2D eigenvalue weighted by Crippen LogP contribution is 2.53. The van der Waals surface area contributed by atoms with Crippen LogP contribution in [0.3, 0.4) is 0 Å². The molecule has 4 heteroatoms. The molecule has 4 fully saturated rings. The van der Waals surface area contributed by atoms with Crippen molar-refractivity contribution in [2.24, 2.45) is 16.7 Å². The first-order chi connectivity index (χ1) is 15.8. The standard InChI is InChI=1S/C30H49N3.ClH/c1-29(2)20-25(21-30(3,4)23-29)27-19-26(32-13-7-5-6-8-14-32)11-12-28(27)33-17-15-31(16-18-33)22-24-9-10-24;/h11-12,19,24-25H,5-10,13-18,20-23H2,1-4H3;1H. The van der Waals surface area contributed by atoms with E-state index >= 15 is 0 Å². The maximum absolute atomic E-state index is 2.74. The molecule has 1 aromatic carbocycles. The average molecular weight is 488 g/mol. The molecular formula is C30H50ClN3. The Kier molecular flexibility index (Phi) is 8.14. The molecule has 2 heterocycles. The lowest BCUT2D eigenvalue weighted by atomic mass is 9.60. The third kappa shape index (κ3) is 6.44. The highest BCUT2D eigenvalue weighted by molar-refractivity contribution is 5.85. The minimum Gasteiger partial charge on any atom is -0.372 e. The van der Waals surface area contributed by atoms with E-state index in [1.165, 1.54) is 109 Å². The molecule has 0 amide bonds. The molecule has 0 N–H and O–H groups in total. The van der Waals surface area contributed by atoms with Gasteiger partial charge in [-0.1, -0.05) is 40.5 Å². The van der Waals surface area contributed by atoms with Gasteiger partial charge in [0, 0.05) is 57.2 Å². The van der Waals surface area contributed by atoms with Gasteiger partial charge >= 0.3 is 0 Å². The summed E-state index contributed by atoms with van der Waals surface area (Å²) >= 11 is 0. The van der Waals surface area contributed by atoms with E-state index in [-0.39, 0.29) is 12.4 Å². The summed E-state index contributed by atoms with van der Waals surface area (Å²) in [6, 6.07) is 7.61. The van der Waals surface area contributed by atoms with Gasteiger partial charge in [-0.05, 0) is 91.4 Å². The second kappa shape index (κ2) is 10.6. The summed E-state index contributed by atoms with van der Waals surface area (Å²) in [5.41, 5.74) is 5.55. The van der Waals surface area contributed by atoms with Gasteiger partial charge in [0.2, 0.25) is 0 Å². The number of hydrogen-bond donors (Lipinski definition) is 0. The molecule has 1 aromatic rings. The van der Waals surface area contributed by atoms with Crippen LogP contribution in [0.4, 0.5) is 11.4 Å². The maximum Gasteiger partial charge on any atom is 0.0404 e. The molecule has 0 aromatic heterocycles. The lowest BCUT2D eigenvalue weighted by Gasteiger charge is -2.46. The van der Waals surface area contributed by atoms with Crippen molar-refractivity contribution in [2.45, 2.75) is 91.4 Å². The van der Waals surface area contributed by atoms with Crippen LogP contribution in [0.5, 0.6) is 0 Å². The first-order valence-corrected chi connectivity index (χ1v) is 14.1. The van der Waals surface area contributed by atoms with E-state index in [2.05, 4.69) is 60.6 Å². The molecule has 2 aliphatic carbocycles. The second-order valence-corrected chi connectivity index (χ2v) is 13.5. The summed E-state index contributed by atoms with van der Waals surface area (Å²) in [5.74, 6) is 1.68. The summed E-state index contributed by atoms with van der Waals surface area (Å²) in [6.45, 7) is 18.7. The topological polar surface area (TPSA) is 9.72 Å². The predicted molar refractivity (Wildman–Crippen MR) is 150 cm³/mol. The Bertz CT molecular complexity index is 783. The smallest absolute Gasteiger partial charge is 0.0404 e. The Labute approximate surface area is 216 Å². The van der Waals surface area contributed by atoms with Crippen molar-refractivity contribution in [1.82, 2.24) is 4.90 Å². The molecule has 5 rings (SSSR count). The number of hydrogen-bond acceptors (Lipinski definition) is 3. The zero-order valence-electron chi connectivity index (χ0n) is 22.5. The van der Waals surface area contributed by atoms with Gasteiger partial charge in [-0.15, -0.1) is 12.4 Å². The Morgan fingerprint density at radius 3 is 1.97 bits per heavy atom. The van der Waals surface area contributed by atoms with Crippen molar-refractivity contribution < 1.29 is 0 Å². The zero-order chi connectivity index (χ0) is 23.1. The first-order valence-electron chi connectivity index (χ1n) is 14.1. The molecule has 2 saturated heterocycles. The predicted octanol–water partition coefficient (Wildman–Crippen LogP) is 7.34. The van der Waals surface area contributed by atoms with Crippen molar-refractivity contribution in [2.75, 3.05) is 55.6 Å². The molecule has 3 nitrogen and oxygen atoms in total. The molecular weight excluding hydrogens is 438 g/mol. The van der Waals surface area contributed by atoms with E-state index < -0.39 is 0 Å². The lowest BCUT2D eigenvalue weighted by molar-refractivity contribution is 0.0970. The van der Waals surface area contributed by atoms with E-state index in [1.807, 2.05) is 0 Å². The third-order valence-electron chi connectivity index (χ3n) is 8.90. The summed E-state index contributed by atoms with van der Waals surface area (Å²) in [6.07, 6.45) is 12.4. The van der Waals surface area contributed by atoms with Crippen molar-refractivity contribution in [3.8, 4) is 0 Å². The Morgan fingerprint density at radius 2 is 1.38 bits per heavy atom. The highest BCUT2D eigenvalue weighted by atomic mass is 35.5. The van der Waals surface area contributed by atoms with Crippen LogP contribution in [0.1, 0.15) is 97.0 Å². The third-order valence-corrected chi connectivity index (χ3v) is 8.90. The molecule has 192 valence electrons. The summed E-state index contributed by atoms with van der Waals surface area (Å²) in [7, 11) is 0. The van der Waals surface area contributed by atoms with E-state index in [0.29, 0.717) is 16.7 Å². The molecule has 0 atom stereocenters. The number of benzene rings is 1. The number of rotatable bonds is 5. The fourth-order valence-electron chi connectivity index (χ4n) is 7.59. The lowest BCUT2D eigenvalue weighted by Crippen LogP contribution is -2.47. The second-order valence-electron chi connectivity index (χ2n) is 13.5. The number of halogens is 1. The SMILES string of the molecule is CC1(C)CC(c2cc(N3CCCCCC3)ccc2N2CCN(CC3CC3)CC2)CC(C)(C)C1.Cl.